The number of hydrogen-bond acceptors (Lipinski definition) is 4. The molecule has 5 heteroatoms. The van der Waals surface area contributed by atoms with Crippen LogP contribution in [0.2, 0.25) is 0 Å². The van der Waals surface area contributed by atoms with Gasteiger partial charge in [-0.2, -0.15) is 0 Å². The van der Waals surface area contributed by atoms with E-state index in [2.05, 4.69) is 126 Å². The minimum Gasteiger partial charge on any atom is -0.468 e. The van der Waals surface area contributed by atoms with Crippen molar-refractivity contribution < 1.29 is 8.83 Å². The average Bonchev–Trinajstić information content (AvgIpc) is 3.57. The van der Waals surface area contributed by atoms with Crippen molar-refractivity contribution in [2.45, 2.75) is 13.3 Å². The molecule has 40 heavy (non-hydrogen) atoms. The first-order valence-corrected chi connectivity index (χ1v) is 14.0. The molecule has 1 atom stereocenters. The normalized spacial score (nSPS) is 17.2. The van der Waals surface area contributed by atoms with E-state index in [0.717, 1.165) is 62.4 Å². The summed E-state index contributed by atoms with van der Waals surface area (Å²) in [5.41, 5.74) is 11.8. The molecule has 0 saturated heterocycles. The fourth-order valence-electron chi connectivity index (χ4n) is 6.95. The third kappa shape index (κ3) is 2.81. The van der Waals surface area contributed by atoms with Gasteiger partial charge < -0.3 is 18.6 Å². The molecule has 4 aromatic carbocycles. The van der Waals surface area contributed by atoms with E-state index < -0.39 is 0 Å². The van der Waals surface area contributed by atoms with Gasteiger partial charge in [-0.15, -0.1) is 0 Å². The predicted octanol–water partition coefficient (Wildman–Crippen LogP) is 7.41. The smallest absolute Gasteiger partial charge is 0.342 e. The Labute approximate surface area is 232 Å². The number of nitrogens with zero attached hydrogens (tertiary/aromatic N) is 2. The lowest BCUT2D eigenvalue weighted by Gasteiger charge is -2.42. The van der Waals surface area contributed by atoms with E-state index in [0.29, 0.717) is 5.92 Å². The van der Waals surface area contributed by atoms with Crippen LogP contribution in [0.25, 0.3) is 21.9 Å². The van der Waals surface area contributed by atoms with Crippen molar-refractivity contribution in [3.8, 4) is 0 Å². The topological polar surface area (TPSA) is 32.8 Å². The Kier molecular flexibility index (Phi) is 4.43. The number of furan rings is 2. The molecule has 1 unspecified atom stereocenters. The molecule has 4 nitrogen and oxygen atoms in total. The monoisotopic (exact) mass is 516 g/mol. The summed E-state index contributed by atoms with van der Waals surface area (Å²) >= 11 is 0. The first-order chi connectivity index (χ1) is 19.8. The minimum absolute atomic E-state index is 0.165. The molecule has 3 aliphatic rings. The molecule has 0 N–H and O–H groups in total. The van der Waals surface area contributed by atoms with Gasteiger partial charge in [0.15, 0.2) is 0 Å². The standard InChI is InChI=1S/C35H25BN2O2/c1-22-12-5-8-17-26(22)38-28-19-11-18-27-31(28)36(35-33(38)25-16-7-10-21-30(25)40-35)34-32(24-15-6-9-20-29(24)39-34)37(27)23-13-3-2-4-14-23/h2-11,13-22H,12H2,1H3. The summed E-state index contributed by atoms with van der Waals surface area (Å²) in [6.07, 6.45) is 7.72. The average molecular weight is 516 g/mol. The van der Waals surface area contributed by atoms with Crippen molar-refractivity contribution in [1.29, 1.82) is 0 Å². The molecule has 9 rings (SSSR count). The first kappa shape index (κ1) is 22.0. The Hall–Kier alpha value is -4.90. The molecule has 0 radical (unpaired) electrons. The van der Waals surface area contributed by atoms with Crippen molar-refractivity contribution in [1.82, 2.24) is 0 Å². The molecule has 1 aliphatic carbocycles. The van der Waals surface area contributed by atoms with Gasteiger partial charge in [-0.05, 0) is 66.5 Å². The molecule has 0 spiro atoms. The van der Waals surface area contributed by atoms with Crippen molar-refractivity contribution in [3.05, 3.63) is 121 Å². The van der Waals surface area contributed by atoms with Gasteiger partial charge in [0.1, 0.15) is 22.5 Å². The second-order valence-corrected chi connectivity index (χ2v) is 10.9. The number of benzene rings is 4. The SMILES string of the molecule is CC1CC=CC=C1N1c2cccc3c2B(c2oc4ccccc4c21)c1oc2ccccc2c1N3c1ccccc1. The van der Waals surface area contributed by atoms with Crippen LogP contribution in [-0.4, -0.2) is 6.71 Å². The highest BCUT2D eigenvalue weighted by atomic mass is 16.3. The van der Waals surface area contributed by atoms with E-state index in [4.69, 9.17) is 8.83 Å². The highest BCUT2D eigenvalue weighted by Gasteiger charge is 2.49. The second kappa shape index (κ2) is 8.06. The van der Waals surface area contributed by atoms with Crippen molar-refractivity contribution >= 4 is 73.9 Å². The zero-order valence-corrected chi connectivity index (χ0v) is 22.0. The molecular formula is C35H25BN2O2. The number of para-hydroxylation sites is 3. The van der Waals surface area contributed by atoms with Crippen LogP contribution >= 0.6 is 0 Å². The fourth-order valence-corrected chi connectivity index (χ4v) is 6.95. The zero-order chi connectivity index (χ0) is 26.4. The number of hydrogen-bond donors (Lipinski definition) is 0. The van der Waals surface area contributed by atoms with E-state index in [9.17, 15) is 0 Å². The summed E-state index contributed by atoms with van der Waals surface area (Å²) in [6.45, 7) is 2.15. The Morgan fingerprint density at radius 1 is 0.675 bits per heavy atom. The zero-order valence-electron chi connectivity index (χ0n) is 22.0. The van der Waals surface area contributed by atoms with Crippen molar-refractivity contribution in [3.63, 3.8) is 0 Å². The Morgan fingerprint density at radius 2 is 1.27 bits per heavy atom. The lowest BCUT2D eigenvalue weighted by Crippen LogP contribution is -2.61. The van der Waals surface area contributed by atoms with Gasteiger partial charge in [0.05, 0.1) is 11.4 Å². The molecule has 0 bridgehead atoms. The number of rotatable bonds is 2. The van der Waals surface area contributed by atoms with E-state index in [1.54, 1.807) is 0 Å². The van der Waals surface area contributed by atoms with Crippen LogP contribution < -0.4 is 26.6 Å². The largest absolute Gasteiger partial charge is 0.468 e. The highest BCUT2D eigenvalue weighted by Crippen LogP contribution is 2.48. The van der Waals surface area contributed by atoms with Crippen LogP contribution in [0.3, 0.4) is 0 Å². The molecule has 0 amide bonds. The van der Waals surface area contributed by atoms with Crippen LogP contribution in [0.4, 0.5) is 28.4 Å². The van der Waals surface area contributed by atoms with Gasteiger partial charge in [0, 0.05) is 39.4 Å². The fraction of sp³-hybridized carbons (Fsp3) is 0.0857. The van der Waals surface area contributed by atoms with Crippen LogP contribution in [-0.2, 0) is 0 Å². The third-order valence-corrected chi connectivity index (χ3v) is 8.66. The Morgan fingerprint density at radius 3 is 1.95 bits per heavy atom. The number of fused-ring (bicyclic) bond motifs is 8. The van der Waals surface area contributed by atoms with E-state index in [-0.39, 0.29) is 6.71 Å². The van der Waals surface area contributed by atoms with Crippen LogP contribution in [0.5, 0.6) is 0 Å². The van der Waals surface area contributed by atoms with Crippen LogP contribution in [0.1, 0.15) is 13.3 Å². The van der Waals surface area contributed by atoms with Crippen LogP contribution in [0, 0.1) is 5.92 Å². The lowest BCUT2D eigenvalue weighted by molar-refractivity contribution is 0.635. The summed E-state index contributed by atoms with van der Waals surface area (Å²) in [7, 11) is 0. The minimum atomic E-state index is -0.165. The summed E-state index contributed by atoms with van der Waals surface area (Å²) in [5.74, 6) is 0.370. The molecule has 0 saturated carbocycles. The second-order valence-electron chi connectivity index (χ2n) is 10.9. The Bertz CT molecular complexity index is 2030. The predicted molar refractivity (Wildman–Crippen MR) is 165 cm³/mol. The maximum Gasteiger partial charge on any atom is 0.342 e. The van der Waals surface area contributed by atoms with Gasteiger partial charge >= 0.3 is 6.71 Å². The Balaban J connectivity index is 1.44. The highest BCUT2D eigenvalue weighted by molar-refractivity contribution is 6.99. The number of anilines is 5. The molecule has 4 heterocycles. The van der Waals surface area contributed by atoms with E-state index in [1.807, 2.05) is 6.07 Å². The lowest BCUT2D eigenvalue weighted by atomic mass is 9.37. The van der Waals surface area contributed by atoms with E-state index >= 15 is 0 Å². The molecule has 2 aromatic heterocycles. The quantitative estimate of drug-likeness (QED) is 0.224. The van der Waals surface area contributed by atoms with Crippen molar-refractivity contribution in [2.24, 2.45) is 5.92 Å². The molecule has 0 fully saturated rings. The van der Waals surface area contributed by atoms with Crippen molar-refractivity contribution in [2.75, 3.05) is 9.80 Å². The molecule has 190 valence electrons. The molecular weight excluding hydrogens is 491 g/mol. The van der Waals surface area contributed by atoms with Gasteiger partial charge in [0.2, 0.25) is 0 Å². The summed E-state index contributed by atoms with van der Waals surface area (Å²) in [4.78, 5) is 4.84. The van der Waals surface area contributed by atoms with Gasteiger partial charge in [0.25, 0.3) is 0 Å². The number of allylic oxidation sites excluding steroid dienone is 4. The maximum absolute atomic E-state index is 6.82. The van der Waals surface area contributed by atoms with Gasteiger partial charge in [-0.3, -0.25) is 0 Å². The summed E-state index contributed by atoms with van der Waals surface area (Å²) in [5, 5.41) is 2.23. The molecule has 2 aliphatic heterocycles. The van der Waals surface area contributed by atoms with Gasteiger partial charge in [-0.1, -0.05) is 67.6 Å². The summed E-state index contributed by atoms with van der Waals surface area (Å²) in [6, 6.07) is 34.1. The first-order valence-electron chi connectivity index (χ1n) is 14.0. The van der Waals surface area contributed by atoms with Crippen LogP contribution in [0.15, 0.2) is 130 Å². The van der Waals surface area contributed by atoms with E-state index in [1.165, 1.54) is 16.8 Å². The van der Waals surface area contributed by atoms with Gasteiger partial charge in [-0.25, -0.2) is 0 Å². The third-order valence-electron chi connectivity index (χ3n) is 8.66. The molecule has 6 aromatic rings. The summed E-state index contributed by atoms with van der Waals surface area (Å²) < 4.78 is 13.6. The maximum atomic E-state index is 6.82.